The fraction of sp³-hybridized carbons (Fsp3) is 0.167. The molecule has 0 saturated heterocycles. The maximum absolute atomic E-state index is 11.0. The Hall–Kier alpha value is -2.30. The van der Waals surface area contributed by atoms with Crippen LogP contribution in [-0.4, -0.2) is 21.0 Å². The van der Waals surface area contributed by atoms with Gasteiger partial charge in [0.25, 0.3) is 0 Å². The summed E-state index contributed by atoms with van der Waals surface area (Å²) in [6.07, 6.45) is 4.16. The second kappa shape index (κ2) is 4.69. The molecule has 88 valence electrons. The monoisotopic (exact) mass is 232 g/mol. The van der Waals surface area contributed by atoms with Crippen LogP contribution in [0.4, 0.5) is 0 Å². The highest BCUT2D eigenvalue weighted by Gasteiger charge is 1.99. The maximum atomic E-state index is 11.0. The standard InChI is InChI=1S/C12H12N2O3/c15-11(16)4-2-1-3-8-5-6-9-10(7-8)14-12(17)13-9/h2,4-7H,1,3H2,(H,15,16)(H2,13,14,17)/b4-2+. The average Bonchev–Trinajstić information content (AvgIpc) is 2.63. The van der Waals surface area contributed by atoms with Crippen LogP contribution in [-0.2, 0) is 11.2 Å². The number of imidazole rings is 1. The van der Waals surface area contributed by atoms with Crippen LogP contribution in [0.25, 0.3) is 11.0 Å². The smallest absolute Gasteiger partial charge is 0.327 e. The maximum Gasteiger partial charge on any atom is 0.327 e. The Bertz CT molecular complexity index is 622. The third kappa shape index (κ3) is 2.84. The first kappa shape index (κ1) is 11.2. The molecule has 0 bridgehead atoms. The molecule has 5 nitrogen and oxygen atoms in total. The first-order valence-corrected chi connectivity index (χ1v) is 5.25. The Kier molecular flexibility index (Phi) is 3.09. The van der Waals surface area contributed by atoms with Crippen molar-refractivity contribution >= 4 is 17.0 Å². The van der Waals surface area contributed by atoms with Gasteiger partial charge in [0.2, 0.25) is 0 Å². The number of aliphatic carboxylic acids is 1. The Morgan fingerprint density at radius 2 is 2.06 bits per heavy atom. The van der Waals surface area contributed by atoms with Gasteiger partial charge in [0.05, 0.1) is 11.0 Å². The second-order valence-corrected chi connectivity index (χ2v) is 3.74. The summed E-state index contributed by atoms with van der Waals surface area (Å²) in [5.74, 6) is -0.935. The van der Waals surface area contributed by atoms with Crippen molar-refractivity contribution in [2.45, 2.75) is 12.8 Å². The first-order valence-electron chi connectivity index (χ1n) is 5.25. The number of carbonyl (C=O) groups is 1. The van der Waals surface area contributed by atoms with Gasteiger partial charge < -0.3 is 15.1 Å². The lowest BCUT2D eigenvalue weighted by Gasteiger charge is -1.97. The number of aromatic nitrogens is 2. The van der Waals surface area contributed by atoms with Crippen LogP contribution in [0.5, 0.6) is 0 Å². The minimum absolute atomic E-state index is 0.220. The van der Waals surface area contributed by atoms with Gasteiger partial charge in [-0.25, -0.2) is 9.59 Å². The second-order valence-electron chi connectivity index (χ2n) is 3.74. The lowest BCUT2D eigenvalue weighted by molar-refractivity contribution is -0.131. The topological polar surface area (TPSA) is 85.9 Å². The van der Waals surface area contributed by atoms with Crippen LogP contribution >= 0.6 is 0 Å². The van der Waals surface area contributed by atoms with Gasteiger partial charge in [-0.05, 0) is 30.5 Å². The highest BCUT2D eigenvalue weighted by atomic mass is 16.4. The van der Waals surface area contributed by atoms with E-state index in [1.54, 1.807) is 6.08 Å². The number of aromatic amines is 2. The van der Waals surface area contributed by atoms with Crippen molar-refractivity contribution in [3.05, 3.63) is 46.4 Å². The molecule has 1 heterocycles. The Balaban J connectivity index is 2.09. The van der Waals surface area contributed by atoms with E-state index in [1.807, 2.05) is 18.2 Å². The molecule has 0 spiro atoms. The number of carboxylic acids is 1. The number of fused-ring (bicyclic) bond motifs is 1. The van der Waals surface area contributed by atoms with E-state index in [1.165, 1.54) is 0 Å². The quantitative estimate of drug-likeness (QED) is 0.697. The van der Waals surface area contributed by atoms with Crippen molar-refractivity contribution in [1.29, 1.82) is 0 Å². The molecule has 17 heavy (non-hydrogen) atoms. The third-order valence-corrected chi connectivity index (χ3v) is 2.44. The van der Waals surface area contributed by atoms with E-state index in [4.69, 9.17) is 5.11 Å². The minimum Gasteiger partial charge on any atom is -0.478 e. The van der Waals surface area contributed by atoms with Crippen LogP contribution < -0.4 is 5.69 Å². The van der Waals surface area contributed by atoms with Crippen molar-refractivity contribution in [3.8, 4) is 0 Å². The zero-order valence-electron chi connectivity index (χ0n) is 9.06. The molecule has 0 aliphatic carbocycles. The van der Waals surface area contributed by atoms with E-state index in [2.05, 4.69) is 9.97 Å². The third-order valence-electron chi connectivity index (χ3n) is 2.44. The van der Waals surface area contributed by atoms with Gasteiger partial charge in [-0.1, -0.05) is 12.1 Å². The first-order chi connectivity index (χ1) is 8.15. The van der Waals surface area contributed by atoms with Crippen molar-refractivity contribution in [3.63, 3.8) is 0 Å². The summed E-state index contributed by atoms with van der Waals surface area (Å²) in [5, 5.41) is 8.42. The van der Waals surface area contributed by atoms with E-state index < -0.39 is 5.97 Å². The minimum atomic E-state index is -0.935. The molecule has 2 rings (SSSR count). The molecule has 0 aliphatic heterocycles. The van der Waals surface area contributed by atoms with Crippen LogP contribution in [0.1, 0.15) is 12.0 Å². The lowest BCUT2D eigenvalue weighted by atomic mass is 10.1. The molecular weight excluding hydrogens is 220 g/mol. The number of rotatable bonds is 4. The van der Waals surface area contributed by atoms with Crippen molar-refractivity contribution in [2.24, 2.45) is 0 Å². The van der Waals surface area contributed by atoms with Crippen molar-refractivity contribution in [2.75, 3.05) is 0 Å². The number of nitrogens with one attached hydrogen (secondary N) is 2. The summed E-state index contributed by atoms with van der Waals surface area (Å²) in [6, 6.07) is 5.64. The molecule has 0 aliphatic rings. The number of carboxylic acid groups (broad SMARTS) is 1. The molecule has 0 atom stereocenters. The van der Waals surface area contributed by atoms with Crippen molar-refractivity contribution in [1.82, 2.24) is 9.97 Å². The van der Waals surface area contributed by atoms with Gasteiger partial charge in [0.1, 0.15) is 0 Å². The number of benzene rings is 1. The number of hydrogen-bond donors (Lipinski definition) is 3. The largest absolute Gasteiger partial charge is 0.478 e. The molecule has 0 unspecified atom stereocenters. The number of H-pyrrole nitrogens is 2. The molecule has 5 heteroatoms. The van der Waals surface area contributed by atoms with Gasteiger partial charge >= 0.3 is 11.7 Å². The molecule has 0 radical (unpaired) electrons. The van der Waals surface area contributed by atoms with Gasteiger partial charge in [0, 0.05) is 6.08 Å². The zero-order valence-corrected chi connectivity index (χ0v) is 9.06. The molecule has 0 amide bonds. The zero-order chi connectivity index (χ0) is 12.3. The van der Waals surface area contributed by atoms with Gasteiger partial charge in [-0.2, -0.15) is 0 Å². The van der Waals surface area contributed by atoms with E-state index in [0.29, 0.717) is 6.42 Å². The van der Waals surface area contributed by atoms with Gasteiger partial charge in [0.15, 0.2) is 0 Å². The highest BCUT2D eigenvalue weighted by molar-refractivity contribution is 5.79. The van der Waals surface area contributed by atoms with Crippen molar-refractivity contribution < 1.29 is 9.90 Å². The summed E-state index contributed by atoms with van der Waals surface area (Å²) in [5.41, 5.74) is 2.39. The fourth-order valence-electron chi connectivity index (χ4n) is 1.67. The normalized spacial score (nSPS) is 11.3. The van der Waals surface area contributed by atoms with Crippen LogP contribution in [0.2, 0.25) is 0 Å². The summed E-state index contributed by atoms with van der Waals surface area (Å²) in [6.45, 7) is 0. The van der Waals surface area contributed by atoms with E-state index >= 15 is 0 Å². The molecule has 0 fully saturated rings. The van der Waals surface area contributed by atoms with E-state index in [0.717, 1.165) is 29.1 Å². The summed E-state index contributed by atoms with van der Waals surface area (Å²) < 4.78 is 0. The molecular formula is C12H12N2O3. The highest BCUT2D eigenvalue weighted by Crippen LogP contribution is 2.11. The van der Waals surface area contributed by atoms with Gasteiger partial charge in [-0.15, -0.1) is 0 Å². The predicted octanol–water partition coefficient (Wildman–Crippen LogP) is 1.43. The van der Waals surface area contributed by atoms with Crippen LogP contribution in [0.3, 0.4) is 0 Å². The van der Waals surface area contributed by atoms with E-state index in [9.17, 15) is 9.59 Å². The Morgan fingerprint density at radius 3 is 2.82 bits per heavy atom. The summed E-state index contributed by atoms with van der Waals surface area (Å²) in [4.78, 5) is 26.7. The molecule has 0 saturated carbocycles. The number of allylic oxidation sites excluding steroid dienone is 1. The molecule has 1 aromatic carbocycles. The summed E-state index contributed by atoms with van der Waals surface area (Å²) in [7, 11) is 0. The summed E-state index contributed by atoms with van der Waals surface area (Å²) >= 11 is 0. The Labute approximate surface area is 96.8 Å². The van der Waals surface area contributed by atoms with Crippen LogP contribution in [0.15, 0.2) is 35.1 Å². The molecule has 3 N–H and O–H groups in total. The van der Waals surface area contributed by atoms with E-state index in [-0.39, 0.29) is 5.69 Å². The fourth-order valence-corrected chi connectivity index (χ4v) is 1.67. The lowest BCUT2D eigenvalue weighted by Crippen LogP contribution is -1.99. The Morgan fingerprint density at radius 1 is 1.29 bits per heavy atom. The number of aryl methyl sites for hydroxylation is 1. The van der Waals surface area contributed by atoms with Crippen LogP contribution in [0, 0.1) is 0 Å². The molecule has 2 aromatic rings. The predicted molar refractivity (Wildman–Crippen MR) is 64.0 cm³/mol. The van der Waals surface area contributed by atoms with Gasteiger partial charge in [-0.3, -0.25) is 0 Å². The SMILES string of the molecule is O=C(O)/C=C/CCc1ccc2[nH]c(=O)[nH]c2c1. The average molecular weight is 232 g/mol. The number of hydrogen-bond acceptors (Lipinski definition) is 2. The molecule has 1 aromatic heterocycles.